The predicted octanol–water partition coefficient (Wildman–Crippen LogP) is 1.95. The molecule has 0 spiro atoms. The zero-order valence-corrected chi connectivity index (χ0v) is 10.0. The highest BCUT2D eigenvalue weighted by Crippen LogP contribution is 2.33. The summed E-state index contributed by atoms with van der Waals surface area (Å²) in [4.78, 5) is 8.31. The lowest BCUT2D eigenvalue weighted by atomic mass is 9.96. The van der Waals surface area contributed by atoms with Crippen molar-refractivity contribution in [3.63, 3.8) is 0 Å². The van der Waals surface area contributed by atoms with Crippen molar-refractivity contribution in [2.24, 2.45) is 0 Å². The van der Waals surface area contributed by atoms with Crippen LogP contribution in [0.1, 0.15) is 18.7 Å². The largest absolute Gasteiger partial charge is 0.382 e. The first kappa shape index (κ1) is 10.4. The van der Waals surface area contributed by atoms with Gasteiger partial charge in [-0.1, -0.05) is 0 Å². The molecule has 0 aliphatic carbocycles. The molecule has 5 heteroatoms. The second kappa shape index (κ2) is 4.16. The van der Waals surface area contributed by atoms with Crippen molar-refractivity contribution in [3.8, 4) is 0 Å². The zero-order chi connectivity index (χ0) is 10.0. The second-order valence-electron chi connectivity index (χ2n) is 3.37. The van der Waals surface area contributed by atoms with Crippen molar-refractivity contribution >= 4 is 27.7 Å². The quantitative estimate of drug-likeness (QED) is 0.851. The molecule has 2 heterocycles. The SMILES string of the molecule is OC1(c2ncc(Br)cn2)CCSCC1. The third-order valence-electron chi connectivity index (χ3n) is 2.36. The molecule has 0 bridgehead atoms. The minimum Gasteiger partial charge on any atom is -0.382 e. The van der Waals surface area contributed by atoms with Gasteiger partial charge in [0, 0.05) is 12.4 Å². The minimum atomic E-state index is -0.800. The van der Waals surface area contributed by atoms with Crippen LogP contribution in [-0.4, -0.2) is 26.6 Å². The van der Waals surface area contributed by atoms with Gasteiger partial charge in [-0.05, 0) is 40.3 Å². The average molecular weight is 275 g/mol. The third kappa shape index (κ3) is 2.10. The van der Waals surface area contributed by atoms with Gasteiger partial charge in [0.05, 0.1) is 4.47 Å². The summed E-state index contributed by atoms with van der Waals surface area (Å²) < 4.78 is 0.843. The number of halogens is 1. The lowest BCUT2D eigenvalue weighted by Gasteiger charge is -2.29. The molecular formula is C9H11BrN2OS. The van der Waals surface area contributed by atoms with E-state index in [2.05, 4.69) is 25.9 Å². The van der Waals surface area contributed by atoms with Gasteiger partial charge in [0.2, 0.25) is 0 Å². The minimum absolute atomic E-state index is 0.556. The summed E-state index contributed by atoms with van der Waals surface area (Å²) in [5.41, 5.74) is -0.800. The Labute approximate surface area is 95.5 Å². The molecule has 0 atom stereocenters. The molecule has 1 aliphatic heterocycles. The van der Waals surface area contributed by atoms with Crippen LogP contribution < -0.4 is 0 Å². The van der Waals surface area contributed by atoms with E-state index in [4.69, 9.17) is 0 Å². The Morgan fingerprint density at radius 3 is 2.43 bits per heavy atom. The number of hydrogen-bond donors (Lipinski definition) is 1. The number of rotatable bonds is 1. The molecule has 1 fully saturated rings. The summed E-state index contributed by atoms with van der Waals surface area (Å²) in [6.07, 6.45) is 4.86. The van der Waals surface area contributed by atoms with E-state index < -0.39 is 5.60 Å². The fourth-order valence-corrected chi connectivity index (χ4v) is 2.86. The first-order chi connectivity index (χ1) is 6.71. The molecule has 1 N–H and O–H groups in total. The molecular weight excluding hydrogens is 264 g/mol. The summed E-state index contributed by atoms with van der Waals surface area (Å²) >= 11 is 5.15. The monoisotopic (exact) mass is 274 g/mol. The van der Waals surface area contributed by atoms with E-state index in [9.17, 15) is 5.11 Å². The van der Waals surface area contributed by atoms with E-state index in [-0.39, 0.29) is 0 Å². The van der Waals surface area contributed by atoms with Crippen LogP contribution in [0.5, 0.6) is 0 Å². The lowest BCUT2D eigenvalue weighted by Crippen LogP contribution is -2.32. The van der Waals surface area contributed by atoms with Gasteiger partial charge in [0.15, 0.2) is 5.82 Å². The van der Waals surface area contributed by atoms with E-state index in [1.165, 1.54) is 0 Å². The second-order valence-corrected chi connectivity index (χ2v) is 5.51. The van der Waals surface area contributed by atoms with Crippen LogP contribution in [0.3, 0.4) is 0 Å². The third-order valence-corrected chi connectivity index (χ3v) is 3.75. The highest BCUT2D eigenvalue weighted by Gasteiger charge is 2.34. The van der Waals surface area contributed by atoms with E-state index >= 15 is 0 Å². The van der Waals surface area contributed by atoms with Crippen LogP contribution in [0.2, 0.25) is 0 Å². The molecule has 0 aromatic carbocycles. The zero-order valence-electron chi connectivity index (χ0n) is 7.61. The van der Waals surface area contributed by atoms with Crippen LogP contribution in [0.15, 0.2) is 16.9 Å². The molecule has 1 aromatic heterocycles. The van der Waals surface area contributed by atoms with E-state index in [0.29, 0.717) is 5.82 Å². The predicted molar refractivity (Wildman–Crippen MR) is 60.2 cm³/mol. The van der Waals surface area contributed by atoms with Gasteiger partial charge in [-0.3, -0.25) is 0 Å². The maximum Gasteiger partial charge on any atom is 0.160 e. The molecule has 0 unspecified atom stereocenters. The van der Waals surface area contributed by atoms with Gasteiger partial charge in [0.1, 0.15) is 5.60 Å². The normalized spacial score (nSPS) is 20.7. The smallest absolute Gasteiger partial charge is 0.160 e. The van der Waals surface area contributed by atoms with Crippen molar-refractivity contribution in [1.29, 1.82) is 0 Å². The molecule has 1 saturated heterocycles. The highest BCUT2D eigenvalue weighted by molar-refractivity contribution is 9.10. The number of thioether (sulfide) groups is 1. The van der Waals surface area contributed by atoms with Crippen LogP contribution >= 0.6 is 27.7 Å². The Bertz CT molecular complexity index is 311. The molecule has 0 radical (unpaired) electrons. The summed E-state index contributed by atoms with van der Waals surface area (Å²) in [6, 6.07) is 0. The summed E-state index contributed by atoms with van der Waals surface area (Å²) in [5, 5.41) is 10.3. The molecule has 2 rings (SSSR count). The van der Waals surface area contributed by atoms with Gasteiger partial charge in [-0.15, -0.1) is 0 Å². The standard InChI is InChI=1S/C9H11BrN2OS/c10-7-5-11-8(12-6-7)9(13)1-3-14-4-2-9/h5-6,13H,1-4H2. The maximum absolute atomic E-state index is 10.3. The number of hydrogen-bond acceptors (Lipinski definition) is 4. The number of aliphatic hydroxyl groups is 1. The number of aromatic nitrogens is 2. The fourth-order valence-electron chi connectivity index (χ4n) is 1.49. The average Bonchev–Trinajstić information content (AvgIpc) is 2.19. The van der Waals surface area contributed by atoms with Gasteiger partial charge < -0.3 is 5.11 Å². The first-order valence-corrected chi connectivity index (χ1v) is 6.44. The van der Waals surface area contributed by atoms with Crippen molar-refractivity contribution in [3.05, 3.63) is 22.7 Å². The van der Waals surface area contributed by atoms with Gasteiger partial charge in [-0.2, -0.15) is 11.8 Å². The molecule has 76 valence electrons. The topological polar surface area (TPSA) is 46.0 Å². The van der Waals surface area contributed by atoms with E-state index in [0.717, 1.165) is 28.8 Å². The fraction of sp³-hybridized carbons (Fsp3) is 0.556. The van der Waals surface area contributed by atoms with Crippen molar-refractivity contribution in [1.82, 2.24) is 9.97 Å². The van der Waals surface area contributed by atoms with Crippen molar-refractivity contribution < 1.29 is 5.11 Å². The Balaban J connectivity index is 2.23. The lowest BCUT2D eigenvalue weighted by molar-refractivity contribution is 0.0189. The molecule has 0 saturated carbocycles. The van der Waals surface area contributed by atoms with E-state index in [1.807, 2.05) is 11.8 Å². The molecule has 14 heavy (non-hydrogen) atoms. The molecule has 1 aliphatic rings. The van der Waals surface area contributed by atoms with Gasteiger partial charge in [0.25, 0.3) is 0 Å². The summed E-state index contributed by atoms with van der Waals surface area (Å²) in [5.74, 6) is 2.52. The Hall–Kier alpha value is -0.130. The Morgan fingerprint density at radius 1 is 1.29 bits per heavy atom. The molecule has 1 aromatic rings. The molecule has 0 amide bonds. The maximum atomic E-state index is 10.3. The van der Waals surface area contributed by atoms with Gasteiger partial charge >= 0.3 is 0 Å². The van der Waals surface area contributed by atoms with Gasteiger partial charge in [-0.25, -0.2) is 9.97 Å². The van der Waals surface area contributed by atoms with Crippen LogP contribution in [0.25, 0.3) is 0 Å². The van der Waals surface area contributed by atoms with Crippen molar-refractivity contribution in [2.75, 3.05) is 11.5 Å². The summed E-state index contributed by atoms with van der Waals surface area (Å²) in [7, 11) is 0. The van der Waals surface area contributed by atoms with Crippen LogP contribution in [-0.2, 0) is 5.60 Å². The Kier molecular flexibility index (Phi) is 3.09. The van der Waals surface area contributed by atoms with Crippen molar-refractivity contribution in [2.45, 2.75) is 18.4 Å². The summed E-state index contributed by atoms with van der Waals surface area (Å²) in [6.45, 7) is 0. The molecule has 3 nitrogen and oxygen atoms in total. The van der Waals surface area contributed by atoms with Crippen LogP contribution in [0, 0.1) is 0 Å². The highest BCUT2D eigenvalue weighted by atomic mass is 79.9. The first-order valence-electron chi connectivity index (χ1n) is 4.49. The van der Waals surface area contributed by atoms with Crippen LogP contribution in [0.4, 0.5) is 0 Å². The number of nitrogens with zero attached hydrogens (tertiary/aromatic N) is 2. The van der Waals surface area contributed by atoms with E-state index in [1.54, 1.807) is 12.4 Å². The Morgan fingerprint density at radius 2 is 1.86 bits per heavy atom.